The van der Waals surface area contributed by atoms with Crippen LogP contribution >= 0.6 is 31.9 Å². The standard InChI is InChI=1S/C16H25Br2NO/c1-3-4-5-6-7-8-9-10-19-15-12-16(20-2)14(18)11-13(15)17/h11-12,19H,3-10H2,1-2H3. The first-order valence-electron chi connectivity index (χ1n) is 7.46. The van der Waals surface area contributed by atoms with E-state index in [-0.39, 0.29) is 0 Å². The largest absolute Gasteiger partial charge is 0.495 e. The van der Waals surface area contributed by atoms with Crippen molar-refractivity contribution in [3.63, 3.8) is 0 Å². The van der Waals surface area contributed by atoms with Crippen molar-refractivity contribution in [2.24, 2.45) is 0 Å². The molecule has 1 N–H and O–H groups in total. The molecule has 0 aromatic heterocycles. The van der Waals surface area contributed by atoms with Crippen LogP contribution in [0.4, 0.5) is 5.69 Å². The van der Waals surface area contributed by atoms with E-state index in [9.17, 15) is 0 Å². The Balaban J connectivity index is 2.25. The maximum Gasteiger partial charge on any atom is 0.135 e. The quantitative estimate of drug-likeness (QED) is 0.455. The molecule has 0 amide bonds. The summed E-state index contributed by atoms with van der Waals surface area (Å²) in [6.45, 7) is 3.27. The Morgan fingerprint density at radius 3 is 2.25 bits per heavy atom. The minimum atomic E-state index is 0.857. The molecule has 0 aliphatic rings. The fourth-order valence-electron chi connectivity index (χ4n) is 2.13. The second-order valence-corrected chi connectivity index (χ2v) is 6.72. The van der Waals surface area contributed by atoms with Gasteiger partial charge in [0.1, 0.15) is 5.75 Å². The van der Waals surface area contributed by atoms with E-state index >= 15 is 0 Å². The summed E-state index contributed by atoms with van der Waals surface area (Å²) < 4.78 is 7.34. The molecule has 2 nitrogen and oxygen atoms in total. The van der Waals surface area contributed by atoms with Gasteiger partial charge in [0.05, 0.1) is 17.3 Å². The highest BCUT2D eigenvalue weighted by molar-refractivity contribution is 9.11. The number of anilines is 1. The fourth-order valence-corrected chi connectivity index (χ4v) is 3.42. The Morgan fingerprint density at radius 1 is 0.950 bits per heavy atom. The van der Waals surface area contributed by atoms with Gasteiger partial charge in [0.2, 0.25) is 0 Å². The van der Waals surface area contributed by atoms with E-state index in [1.165, 1.54) is 44.9 Å². The highest BCUT2D eigenvalue weighted by atomic mass is 79.9. The van der Waals surface area contributed by atoms with E-state index < -0.39 is 0 Å². The molecule has 0 spiro atoms. The number of halogens is 2. The second-order valence-electron chi connectivity index (χ2n) is 5.01. The predicted octanol–water partition coefficient (Wildman–Crippen LogP) is 6.38. The molecule has 4 heteroatoms. The molecule has 1 rings (SSSR count). The highest BCUT2D eigenvalue weighted by Crippen LogP contribution is 2.34. The molecule has 0 radical (unpaired) electrons. The molecule has 0 saturated carbocycles. The van der Waals surface area contributed by atoms with Gasteiger partial charge in [-0.2, -0.15) is 0 Å². The molecule has 114 valence electrons. The number of unbranched alkanes of at least 4 members (excludes halogenated alkanes) is 6. The maximum atomic E-state index is 5.32. The van der Waals surface area contributed by atoms with Gasteiger partial charge in [0.25, 0.3) is 0 Å². The minimum absolute atomic E-state index is 0.857. The van der Waals surface area contributed by atoms with Gasteiger partial charge in [0, 0.05) is 17.1 Å². The van der Waals surface area contributed by atoms with Crippen LogP contribution in [0.25, 0.3) is 0 Å². The number of rotatable bonds is 10. The van der Waals surface area contributed by atoms with Crippen molar-refractivity contribution in [2.45, 2.75) is 51.9 Å². The predicted molar refractivity (Wildman–Crippen MR) is 94.9 cm³/mol. The number of benzene rings is 1. The number of ether oxygens (including phenoxy) is 1. The monoisotopic (exact) mass is 405 g/mol. The van der Waals surface area contributed by atoms with Crippen LogP contribution in [0.3, 0.4) is 0 Å². The van der Waals surface area contributed by atoms with E-state index in [2.05, 4.69) is 44.1 Å². The van der Waals surface area contributed by atoms with Gasteiger partial charge in [-0.3, -0.25) is 0 Å². The molecular weight excluding hydrogens is 382 g/mol. The Morgan fingerprint density at radius 2 is 1.60 bits per heavy atom. The van der Waals surface area contributed by atoms with Crippen molar-refractivity contribution < 1.29 is 4.74 Å². The van der Waals surface area contributed by atoms with Crippen LogP contribution in [-0.2, 0) is 0 Å². The summed E-state index contributed by atoms with van der Waals surface area (Å²) in [5.41, 5.74) is 1.09. The second kappa shape index (κ2) is 10.5. The van der Waals surface area contributed by atoms with Gasteiger partial charge < -0.3 is 10.1 Å². The van der Waals surface area contributed by atoms with Crippen molar-refractivity contribution in [2.75, 3.05) is 19.0 Å². The smallest absolute Gasteiger partial charge is 0.135 e. The van der Waals surface area contributed by atoms with Crippen molar-refractivity contribution in [1.29, 1.82) is 0 Å². The lowest BCUT2D eigenvalue weighted by Gasteiger charge is -2.11. The third kappa shape index (κ3) is 6.49. The van der Waals surface area contributed by atoms with Crippen LogP contribution in [-0.4, -0.2) is 13.7 Å². The lowest BCUT2D eigenvalue weighted by atomic mass is 10.1. The topological polar surface area (TPSA) is 21.3 Å². The summed E-state index contributed by atoms with van der Waals surface area (Å²) in [7, 11) is 1.69. The molecule has 0 aliphatic carbocycles. The lowest BCUT2D eigenvalue weighted by Crippen LogP contribution is -2.02. The maximum absolute atomic E-state index is 5.32. The molecule has 1 aromatic rings. The van der Waals surface area contributed by atoms with Crippen LogP contribution in [0, 0.1) is 0 Å². The zero-order valence-electron chi connectivity index (χ0n) is 12.5. The molecule has 0 aliphatic heterocycles. The molecule has 20 heavy (non-hydrogen) atoms. The Bertz CT molecular complexity index is 396. The van der Waals surface area contributed by atoms with Crippen molar-refractivity contribution >= 4 is 37.5 Å². The van der Waals surface area contributed by atoms with Crippen molar-refractivity contribution in [1.82, 2.24) is 0 Å². The average molecular weight is 407 g/mol. The van der Waals surface area contributed by atoms with Gasteiger partial charge in [-0.05, 0) is 44.3 Å². The van der Waals surface area contributed by atoms with Crippen molar-refractivity contribution in [3.05, 3.63) is 21.1 Å². The SMILES string of the molecule is CCCCCCCCCNc1cc(OC)c(Br)cc1Br. The molecular formula is C16H25Br2NO. The zero-order valence-corrected chi connectivity index (χ0v) is 15.6. The van der Waals surface area contributed by atoms with Gasteiger partial charge in [-0.25, -0.2) is 0 Å². The fraction of sp³-hybridized carbons (Fsp3) is 0.625. The van der Waals surface area contributed by atoms with Gasteiger partial charge >= 0.3 is 0 Å². The first-order valence-corrected chi connectivity index (χ1v) is 9.04. The van der Waals surface area contributed by atoms with Crippen LogP contribution in [0.2, 0.25) is 0 Å². The normalized spacial score (nSPS) is 10.6. The summed E-state index contributed by atoms with van der Waals surface area (Å²) in [5, 5.41) is 3.47. The summed E-state index contributed by atoms with van der Waals surface area (Å²) in [6, 6.07) is 4.04. The molecule has 0 fully saturated rings. The van der Waals surface area contributed by atoms with E-state index in [1.807, 2.05) is 12.1 Å². The lowest BCUT2D eigenvalue weighted by molar-refractivity contribution is 0.412. The average Bonchev–Trinajstić information content (AvgIpc) is 2.43. The summed E-state index contributed by atoms with van der Waals surface area (Å²) in [5.74, 6) is 0.857. The molecule has 0 atom stereocenters. The highest BCUT2D eigenvalue weighted by Gasteiger charge is 2.06. The first kappa shape index (κ1) is 17.8. The molecule has 0 saturated heterocycles. The van der Waals surface area contributed by atoms with Crippen molar-refractivity contribution in [3.8, 4) is 5.75 Å². The van der Waals surface area contributed by atoms with E-state index in [0.717, 1.165) is 26.9 Å². The molecule has 1 aromatic carbocycles. The van der Waals surface area contributed by atoms with E-state index in [4.69, 9.17) is 4.74 Å². The summed E-state index contributed by atoms with van der Waals surface area (Å²) in [6.07, 6.45) is 9.35. The van der Waals surface area contributed by atoms with Crippen LogP contribution in [0.1, 0.15) is 51.9 Å². The zero-order chi connectivity index (χ0) is 14.8. The summed E-state index contributed by atoms with van der Waals surface area (Å²) in [4.78, 5) is 0. The minimum Gasteiger partial charge on any atom is -0.495 e. The molecule has 0 bridgehead atoms. The van der Waals surface area contributed by atoms with E-state index in [0.29, 0.717) is 0 Å². The molecule has 0 heterocycles. The Hall–Kier alpha value is -0.220. The number of hydrogen-bond acceptors (Lipinski definition) is 2. The molecule has 0 unspecified atom stereocenters. The van der Waals surface area contributed by atoms with E-state index in [1.54, 1.807) is 7.11 Å². The van der Waals surface area contributed by atoms with Crippen LogP contribution in [0.5, 0.6) is 5.75 Å². The number of hydrogen-bond donors (Lipinski definition) is 1. The van der Waals surface area contributed by atoms with Gasteiger partial charge in [-0.15, -0.1) is 0 Å². The first-order chi connectivity index (χ1) is 9.69. The number of nitrogens with one attached hydrogen (secondary N) is 1. The van der Waals surface area contributed by atoms with Crippen LogP contribution in [0.15, 0.2) is 21.1 Å². The Kier molecular flexibility index (Phi) is 9.36. The third-order valence-corrected chi connectivity index (χ3v) is 4.61. The number of methoxy groups -OCH3 is 1. The van der Waals surface area contributed by atoms with Gasteiger partial charge in [0.15, 0.2) is 0 Å². The van der Waals surface area contributed by atoms with Crippen LogP contribution < -0.4 is 10.1 Å². The Labute approximate surface area is 139 Å². The summed E-state index contributed by atoms with van der Waals surface area (Å²) >= 11 is 7.06. The van der Waals surface area contributed by atoms with Gasteiger partial charge in [-0.1, -0.05) is 45.4 Å². The third-order valence-electron chi connectivity index (χ3n) is 3.34.